The highest BCUT2D eigenvalue weighted by atomic mass is 19.2. The third-order valence-electron chi connectivity index (χ3n) is 4.41. The smallest absolute Gasteiger partial charge is 0.221 e. The number of hydrogen-bond acceptors (Lipinski definition) is 7. The van der Waals surface area contributed by atoms with Gasteiger partial charge in [0.25, 0.3) is 0 Å². The summed E-state index contributed by atoms with van der Waals surface area (Å²) in [6.45, 7) is 6.55. The van der Waals surface area contributed by atoms with Gasteiger partial charge in [0.2, 0.25) is 5.95 Å². The van der Waals surface area contributed by atoms with Gasteiger partial charge in [0, 0.05) is 16.7 Å². The summed E-state index contributed by atoms with van der Waals surface area (Å²) in [5, 5.41) is 3.70. The zero-order valence-corrected chi connectivity index (χ0v) is 17.5. The maximum Gasteiger partial charge on any atom is 0.221 e. The van der Waals surface area contributed by atoms with Crippen molar-refractivity contribution in [3.05, 3.63) is 71.2 Å². The fraction of sp³-hybridized carbons (Fsp3) is 0.227. The lowest BCUT2D eigenvalue weighted by atomic mass is 9.91. The molecule has 160 valence electrons. The first-order valence-corrected chi connectivity index (χ1v) is 9.52. The number of aromatic nitrogens is 3. The SMILES string of the molecule is CC(C)(C)c1cccc(CN=C/C(=N\N)c2cc(-c3cccc(F)c3F)nc(N)n2)n1. The Bertz CT molecular complexity index is 1150. The van der Waals surface area contributed by atoms with Gasteiger partial charge in [0.15, 0.2) is 11.6 Å². The Balaban J connectivity index is 1.87. The van der Waals surface area contributed by atoms with Crippen molar-refractivity contribution in [2.24, 2.45) is 15.9 Å². The molecule has 3 rings (SSSR count). The summed E-state index contributed by atoms with van der Waals surface area (Å²) >= 11 is 0. The molecular formula is C22H23F2N7. The van der Waals surface area contributed by atoms with Crippen LogP contribution in [0.5, 0.6) is 0 Å². The minimum absolute atomic E-state index is 0.0492. The summed E-state index contributed by atoms with van der Waals surface area (Å²) < 4.78 is 27.8. The van der Waals surface area contributed by atoms with Gasteiger partial charge >= 0.3 is 0 Å². The summed E-state index contributed by atoms with van der Waals surface area (Å²) in [5.74, 6) is 3.35. The zero-order chi connectivity index (χ0) is 22.6. The summed E-state index contributed by atoms with van der Waals surface area (Å²) in [6, 6.07) is 11.0. The second-order valence-corrected chi connectivity index (χ2v) is 7.85. The third kappa shape index (κ3) is 5.25. The predicted molar refractivity (Wildman–Crippen MR) is 118 cm³/mol. The molecule has 2 aromatic heterocycles. The predicted octanol–water partition coefficient (Wildman–Crippen LogP) is 3.63. The van der Waals surface area contributed by atoms with Gasteiger partial charge in [-0.1, -0.05) is 32.9 Å². The minimum Gasteiger partial charge on any atom is -0.368 e. The highest BCUT2D eigenvalue weighted by Gasteiger charge is 2.16. The lowest BCUT2D eigenvalue weighted by Crippen LogP contribution is -2.14. The molecule has 3 aromatic rings. The number of anilines is 1. The van der Waals surface area contributed by atoms with Crippen molar-refractivity contribution in [2.75, 3.05) is 5.73 Å². The van der Waals surface area contributed by atoms with Crippen LogP contribution in [0.25, 0.3) is 11.3 Å². The molecule has 0 atom stereocenters. The van der Waals surface area contributed by atoms with E-state index in [1.165, 1.54) is 24.4 Å². The van der Waals surface area contributed by atoms with E-state index in [1.807, 2.05) is 18.2 Å². The molecule has 1 aromatic carbocycles. The molecule has 31 heavy (non-hydrogen) atoms. The van der Waals surface area contributed by atoms with E-state index >= 15 is 0 Å². The van der Waals surface area contributed by atoms with Crippen LogP contribution in [-0.2, 0) is 12.0 Å². The fourth-order valence-electron chi connectivity index (χ4n) is 2.81. The van der Waals surface area contributed by atoms with Crippen LogP contribution in [0.1, 0.15) is 37.9 Å². The molecule has 7 nitrogen and oxygen atoms in total. The average Bonchev–Trinajstić information content (AvgIpc) is 2.72. The van der Waals surface area contributed by atoms with Gasteiger partial charge in [-0.15, -0.1) is 0 Å². The highest BCUT2D eigenvalue weighted by Crippen LogP contribution is 2.24. The van der Waals surface area contributed by atoms with Gasteiger partial charge in [-0.05, 0) is 30.3 Å². The maximum atomic E-state index is 14.2. The Labute approximate surface area is 179 Å². The first-order valence-electron chi connectivity index (χ1n) is 9.52. The van der Waals surface area contributed by atoms with Crippen molar-refractivity contribution >= 4 is 17.9 Å². The van der Waals surface area contributed by atoms with E-state index in [1.54, 1.807) is 0 Å². The minimum atomic E-state index is -1.03. The molecule has 0 fully saturated rings. The molecule has 0 saturated carbocycles. The fourth-order valence-corrected chi connectivity index (χ4v) is 2.81. The van der Waals surface area contributed by atoms with Crippen LogP contribution in [0, 0.1) is 11.6 Å². The van der Waals surface area contributed by atoms with Crippen LogP contribution in [0.3, 0.4) is 0 Å². The van der Waals surface area contributed by atoms with Crippen molar-refractivity contribution in [2.45, 2.75) is 32.7 Å². The molecule has 0 aliphatic carbocycles. The molecule has 0 amide bonds. The van der Waals surface area contributed by atoms with E-state index in [9.17, 15) is 8.78 Å². The van der Waals surface area contributed by atoms with Gasteiger partial charge in [0.1, 0.15) is 5.71 Å². The molecule has 0 bridgehead atoms. The van der Waals surface area contributed by atoms with Crippen LogP contribution < -0.4 is 11.6 Å². The largest absolute Gasteiger partial charge is 0.368 e. The summed E-state index contributed by atoms with van der Waals surface area (Å²) in [7, 11) is 0. The number of nitrogen functional groups attached to an aromatic ring is 1. The molecule has 2 heterocycles. The average molecular weight is 423 g/mol. The van der Waals surface area contributed by atoms with E-state index in [4.69, 9.17) is 11.6 Å². The van der Waals surface area contributed by atoms with Gasteiger partial charge in [0.05, 0.1) is 29.8 Å². The topological polar surface area (TPSA) is 115 Å². The molecule has 0 spiro atoms. The van der Waals surface area contributed by atoms with Crippen molar-refractivity contribution in [1.29, 1.82) is 0 Å². The molecule has 9 heteroatoms. The summed E-state index contributed by atoms with van der Waals surface area (Å²) in [4.78, 5) is 17.0. The number of hydrogen-bond donors (Lipinski definition) is 2. The van der Waals surface area contributed by atoms with Crippen LogP contribution in [0.15, 0.2) is 52.6 Å². The van der Waals surface area contributed by atoms with Crippen molar-refractivity contribution < 1.29 is 8.78 Å². The Morgan fingerprint density at radius 2 is 1.81 bits per heavy atom. The lowest BCUT2D eigenvalue weighted by molar-refractivity contribution is 0.511. The van der Waals surface area contributed by atoms with Crippen LogP contribution >= 0.6 is 0 Å². The Morgan fingerprint density at radius 1 is 1.06 bits per heavy atom. The van der Waals surface area contributed by atoms with Gasteiger partial charge in [-0.2, -0.15) is 5.10 Å². The molecule has 0 aliphatic heterocycles. The quantitative estimate of drug-likeness (QED) is 0.369. The number of pyridine rings is 1. The van der Waals surface area contributed by atoms with E-state index in [2.05, 4.69) is 45.8 Å². The van der Waals surface area contributed by atoms with Crippen molar-refractivity contribution in [3.8, 4) is 11.3 Å². The molecule has 0 radical (unpaired) electrons. The van der Waals surface area contributed by atoms with Gasteiger partial charge < -0.3 is 11.6 Å². The van der Waals surface area contributed by atoms with Crippen LogP contribution in [0.2, 0.25) is 0 Å². The zero-order valence-electron chi connectivity index (χ0n) is 17.5. The Morgan fingerprint density at radius 3 is 2.52 bits per heavy atom. The Kier molecular flexibility index (Phi) is 6.33. The van der Waals surface area contributed by atoms with E-state index in [0.29, 0.717) is 6.54 Å². The van der Waals surface area contributed by atoms with Crippen LogP contribution in [0.4, 0.5) is 14.7 Å². The van der Waals surface area contributed by atoms with Crippen LogP contribution in [-0.4, -0.2) is 26.9 Å². The first kappa shape index (κ1) is 21.9. The molecular weight excluding hydrogens is 400 g/mol. The van der Waals surface area contributed by atoms with Crippen molar-refractivity contribution in [3.63, 3.8) is 0 Å². The molecule has 0 saturated heterocycles. The second-order valence-electron chi connectivity index (χ2n) is 7.85. The number of aliphatic imine (C=N–C) groups is 1. The lowest BCUT2D eigenvalue weighted by Gasteiger charge is -2.17. The highest BCUT2D eigenvalue weighted by molar-refractivity contribution is 6.37. The first-order chi connectivity index (χ1) is 14.7. The van der Waals surface area contributed by atoms with Gasteiger partial charge in [-0.3, -0.25) is 9.98 Å². The Hall–Kier alpha value is -3.75. The molecule has 0 unspecified atom stereocenters. The normalized spacial score (nSPS) is 12.5. The number of benzene rings is 1. The monoisotopic (exact) mass is 423 g/mol. The number of halogens is 2. The van der Waals surface area contributed by atoms with Crippen molar-refractivity contribution in [1.82, 2.24) is 15.0 Å². The van der Waals surface area contributed by atoms with E-state index < -0.39 is 11.6 Å². The molecule has 0 aliphatic rings. The maximum absolute atomic E-state index is 14.2. The summed E-state index contributed by atoms with van der Waals surface area (Å²) in [6.07, 6.45) is 1.43. The summed E-state index contributed by atoms with van der Waals surface area (Å²) in [5.41, 5.74) is 7.92. The van der Waals surface area contributed by atoms with Gasteiger partial charge in [-0.25, -0.2) is 18.7 Å². The second kappa shape index (κ2) is 8.95. The number of hydrazone groups is 1. The number of nitrogens with zero attached hydrogens (tertiary/aromatic N) is 5. The molecule has 4 N–H and O–H groups in total. The third-order valence-corrected chi connectivity index (χ3v) is 4.41. The van der Waals surface area contributed by atoms with E-state index in [-0.39, 0.29) is 34.0 Å². The number of nitrogens with two attached hydrogens (primary N) is 2. The number of rotatable bonds is 5. The standard InChI is InChI=1S/C22H23F2N7/c1-22(2,3)19-9-4-6-13(28-19)11-27-12-18(31-26)17-10-16(29-21(25)30-17)14-7-5-8-15(23)20(14)24/h4-10,12H,11,26H2,1-3H3,(H2,25,29,30)/b27-12?,31-18+. The van der Waals surface area contributed by atoms with E-state index in [0.717, 1.165) is 17.5 Å².